The summed E-state index contributed by atoms with van der Waals surface area (Å²) in [7, 11) is -3.66. The fourth-order valence-electron chi connectivity index (χ4n) is 2.39. The van der Waals surface area contributed by atoms with Crippen LogP contribution in [0.25, 0.3) is 0 Å². The number of benzene rings is 1. The standard InChI is InChI=1S/C14H21FN2O4S/c1-2-21-14-11-12(3-4-13(14)15)22(19,20)17-7-5-16(6-8-17)9-10-18/h3-4,11,18H,2,5-10H2,1H3. The van der Waals surface area contributed by atoms with E-state index < -0.39 is 15.8 Å². The zero-order chi connectivity index (χ0) is 16.2. The summed E-state index contributed by atoms with van der Waals surface area (Å²) in [4.78, 5) is 2.04. The average molecular weight is 332 g/mol. The third-order valence-electron chi connectivity index (χ3n) is 3.59. The first-order chi connectivity index (χ1) is 10.5. The molecular weight excluding hydrogens is 311 g/mol. The molecule has 124 valence electrons. The molecule has 0 atom stereocenters. The van der Waals surface area contributed by atoms with Gasteiger partial charge in [-0.05, 0) is 19.1 Å². The average Bonchev–Trinajstić information content (AvgIpc) is 2.50. The largest absolute Gasteiger partial charge is 0.491 e. The van der Waals surface area contributed by atoms with Crippen molar-refractivity contribution in [3.8, 4) is 5.75 Å². The number of rotatable bonds is 6. The van der Waals surface area contributed by atoms with Gasteiger partial charge < -0.3 is 9.84 Å². The summed E-state index contributed by atoms with van der Waals surface area (Å²) in [6.07, 6.45) is 0. The quantitative estimate of drug-likeness (QED) is 0.823. The molecule has 1 heterocycles. The summed E-state index contributed by atoms with van der Waals surface area (Å²) in [5.41, 5.74) is 0. The highest BCUT2D eigenvalue weighted by Crippen LogP contribution is 2.24. The number of hydrogen-bond acceptors (Lipinski definition) is 5. The number of ether oxygens (including phenoxy) is 1. The highest BCUT2D eigenvalue weighted by molar-refractivity contribution is 7.89. The topological polar surface area (TPSA) is 70.1 Å². The van der Waals surface area contributed by atoms with Gasteiger partial charge in [-0.25, -0.2) is 12.8 Å². The molecule has 2 rings (SSSR count). The van der Waals surface area contributed by atoms with E-state index in [1.165, 1.54) is 16.4 Å². The van der Waals surface area contributed by atoms with E-state index in [1.54, 1.807) is 6.92 Å². The molecular formula is C14H21FN2O4S. The summed E-state index contributed by atoms with van der Waals surface area (Å²) in [6, 6.07) is 3.60. The first-order valence-electron chi connectivity index (χ1n) is 7.24. The van der Waals surface area contributed by atoms with Crippen molar-refractivity contribution < 1.29 is 22.7 Å². The van der Waals surface area contributed by atoms with E-state index in [1.807, 2.05) is 4.90 Å². The second-order valence-electron chi connectivity index (χ2n) is 4.99. The number of halogens is 1. The third-order valence-corrected chi connectivity index (χ3v) is 5.48. The Balaban J connectivity index is 2.15. The van der Waals surface area contributed by atoms with Gasteiger partial charge in [-0.2, -0.15) is 4.31 Å². The first kappa shape index (κ1) is 17.1. The number of nitrogens with zero attached hydrogens (tertiary/aromatic N) is 2. The number of β-amino-alcohol motifs (C(OH)–C–C–N with tert-alkyl or cyclic N) is 1. The van der Waals surface area contributed by atoms with Crippen LogP contribution in [0.1, 0.15) is 6.92 Å². The minimum absolute atomic E-state index is 0.0351. The maximum Gasteiger partial charge on any atom is 0.243 e. The van der Waals surface area contributed by atoms with Gasteiger partial charge in [-0.15, -0.1) is 0 Å². The predicted octanol–water partition coefficient (Wildman–Crippen LogP) is 0.523. The van der Waals surface area contributed by atoms with Crippen LogP contribution >= 0.6 is 0 Å². The molecule has 1 aliphatic heterocycles. The van der Waals surface area contributed by atoms with Crippen molar-refractivity contribution in [2.75, 3.05) is 45.9 Å². The van der Waals surface area contributed by atoms with Crippen molar-refractivity contribution in [2.24, 2.45) is 0 Å². The fourth-order valence-corrected chi connectivity index (χ4v) is 3.83. The monoisotopic (exact) mass is 332 g/mol. The zero-order valence-electron chi connectivity index (χ0n) is 12.5. The molecule has 1 saturated heterocycles. The Morgan fingerprint density at radius 1 is 1.27 bits per heavy atom. The molecule has 0 unspecified atom stereocenters. The number of aliphatic hydroxyl groups is 1. The molecule has 6 nitrogen and oxygen atoms in total. The van der Waals surface area contributed by atoms with E-state index in [9.17, 15) is 12.8 Å². The number of aliphatic hydroxyl groups excluding tert-OH is 1. The van der Waals surface area contributed by atoms with Gasteiger partial charge in [0, 0.05) is 38.8 Å². The zero-order valence-corrected chi connectivity index (χ0v) is 13.4. The Morgan fingerprint density at radius 3 is 2.55 bits per heavy atom. The number of sulfonamides is 1. The Bertz CT molecular complexity index is 601. The summed E-state index contributed by atoms with van der Waals surface area (Å²) in [5, 5.41) is 8.91. The first-order valence-corrected chi connectivity index (χ1v) is 8.68. The Kier molecular flexibility index (Phi) is 5.74. The van der Waals surface area contributed by atoms with Crippen molar-refractivity contribution in [1.29, 1.82) is 0 Å². The van der Waals surface area contributed by atoms with Gasteiger partial charge >= 0.3 is 0 Å². The molecule has 0 spiro atoms. The maximum absolute atomic E-state index is 13.6. The van der Waals surface area contributed by atoms with Crippen LogP contribution < -0.4 is 4.74 Å². The highest BCUT2D eigenvalue weighted by atomic mass is 32.2. The van der Waals surface area contributed by atoms with Crippen LogP contribution in [-0.2, 0) is 10.0 Å². The third kappa shape index (κ3) is 3.75. The van der Waals surface area contributed by atoms with E-state index in [4.69, 9.17) is 9.84 Å². The predicted molar refractivity (Wildman–Crippen MR) is 79.9 cm³/mol. The van der Waals surface area contributed by atoms with Gasteiger partial charge in [0.1, 0.15) is 0 Å². The molecule has 0 radical (unpaired) electrons. The Morgan fingerprint density at radius 2 is 1.95 bits per heavy atom. The molecule has 1 fully saturated rings. The molecule has 1 aromatic rings. The summed E-state index contributed by atoms with van der Waals surface area (Å²) in [5.74, 6) is -0.629. The van der Waals surface area contributed by atoms with Crippen molar-refractivity contribution in [2.45, 2.75) is 11.8 Å². The number of piperazine rings is 1. The molecule has 1 aromatic carbocycles. The molecule has 0 bridgehead atoms. The van der Waals surface area contributed by atoms with Crippen LogP contribution in [0.4, 0.5) is 4.39 Å². The van der Waals surface area contributed by atoms with Gasteiger partial charge in [0.15, 0.2) is 11.6 Å². The van der Waals surface area contributed by atoms with Gasteiger partial charge in [0.05, 0.1) is 18.1 Å². The minimum atomic E-state index is -3.66. The highest BCUT2D eigenvalue weighted by Gasteiger charge is 2.29. The summed E-state index contributed by atoms with van der Waals surface area (Å²) < 4.78 is 45.3. The molecule has 1 aliphatic rings. The van der Waals surface area contributed by atoms with Crippen molar-refractivity contribution in [3.05, 3.63) is 24.0 Å². The Hall–Kier alpha value is -1.22. The van der Waals surface area contributed by atoms with Crippen molar-refractivity contribution >= 4 is 10.0 Å². The lowest BCUT2D eigenvalue weighted by molar-refractivity contribution is 0.151. The van der Waals surface area contributed by atoms with Crippen LogP contribution in [0.5, 0.6) is 5.75 Å². The normalized spacial score (nSPS) is 17.6. The second kappa shape index (κ2) is 7.36. The van der Waals surface area contributed by atoms with Crippen molar-refractivity contribution in [3.63, 3.8) is 0 Å². The van der Waals surface area contributed by atoms with E-state index in [0.29, 0.717) is 32.7 Å². The van der Waals surface area contributed by atoms with Crippen molar-refractivity contribution in [1.82, 2.24) is 9.21 Å². The molecule has 1 N–H and O–H groups in total. The van der Waals surface area contributed by atoms with E-state index in [-0.39, 0.29) is 23.9 Å². The lowest BCUT2D eigenvalue weighted by atomic mass is 10.3. The fraction of sp³-hybridized carbons (Fsp3) is 0.571. The number of hydrogen-bond donors (Lipinski definition) is 1. The van der Waals surface area contributed by atoms with Crippen LogP contribution in [0.2, 0.25) is 0 Å². The van der Waals surface area contributed by atoms with E-state index in [2.05, 4.69) is 0 Å². The Labute approximate surface area is 130 Å². The smallest absolute Gasteiger partial charge is 0.243 e. The molecule has 0 amide bonds. The van der Waals surface area contributed by atoms with E-state index in [0.717, 1.165) is 6.07 Å². The molecule has 0 saturated carbocycles. The molecule has 8 heteroatoms. The lowest BCUT2D eigenvalue weighted by Gasteiger charge is -2.33. The van der Waals surface area contributed by atoms with Crippen LogP contribution in [0.3, 0.4) is 0 Å². The maximum atomic E-state index is 13.6. The van der Waals surface area contributed by atoms with Crippen LogP contribution in [0.15, 0.2) is 23.1 Å². The second-order valence-corrected chi connectivity index (χ2v) is 6.93. The molecule has 0 aliphatic carbocycles. The lowest BCUT2D eigenvalue weighted by Crippen LogP contribution is -2.49. The van der Waals surface area contributed by atoms with Gasteiger partial charge in [0.2, 0.25) is 10.0 Å². The van der Waals surface area contributed by atoms with Gasteiger partial charge in [-0.1, -0.05) is 0 Å². The molecule has 0 aromatic heterocycles. The van der Waals surface area contributed by atoms with Gasteiger partial charge in [-0.3, -0.25) is 4.90 Å². The molecule has 22 heavy (non-hydrogen) atoms. The van der Waals surface area contributed by atoms with E-state index >= 15 is 0 Å². The van der Waals surface area contributed by atoms with Gasteiger partial charge in [0.25, 0.3) is 0 Å². The summed E-state index contributed by atoms with van der Waals surface area (Å²) >= 11 is 0. The SMILES string of the molecule is CCOc1cc(S(=O)(=O)N2CCN(CCO)CC2)ccc1F. The van der Waals surface area contributed by atoms with Crippen LogP contribution in [0, 0.1) is 5.82 Å². The van der Waals surface area contributed by atoms with Crippen LogP contribution in [-0.4, -0.2) is 68.7 Å². The summed E-state index contributed by atoms with van der Waals surface area (Å²) in [6.45, 7) is 4.41. The minimum Gasteiger partial charge on any atom is -0.491 e.